The van der Waals surface area contributed by atoms with Gasteiger partial charge in [0.05, 0.1) is 11.8 Å². The number of aromatic nitrogens is 3. The Morgan fingerprint density at radius 3 is 2.68 bits per heavy atom. The summed E-state index contributed by atoms with van der Waals surface area (Å²) in [4.78, 5) is 20.2. The third-order valence-corrected chi connectivity index (χ3v) is 7.17. The minimum Gasteiger partial charge on any atom is -0.461 e. The Bertz CT molecular complexity index is 848. The fraction of sp³-hybridized carbons (Fsp3) is 0.682. The minimum absolute atomic E-state index is 0.00424. The lowest BCUT2D eigenvalue weighted by Gasteiger charge is -2.55. The van der Waals surface area contributed by atoms with Crippen LogP contribution in [-0.4, -0.2) is 26.7 Å². The van der Waals surface area contributed by atoms with Gasteiger partial charge in [-0.3, -0.25) is 9.69 Å². The summed E-state index contributed by atoms with van der Waals surface area (Å²) in [5.41, 5.74) is 0.00424. The van der Waals surface area contributed by atoms with Crippen molar-refractivity contribution >= 4 is 11.9 Å². The molecule has 1 spiro atoms. The third-order valence-electron chi connectivity index (χ3n) is 7.17. The largest absolute Gasteiger partial charge is 0.461 e. The molecule has 6 heteroatoms. The summed E-state index contributed by atoms with van der Waals surface area (Å²) in [6.07, 6.45) is 12.4. The number of carbonyl (C=O) groups excluding carboxylic acids is 1. The number of rotatable bonds is 2. The first-order chi connectivity index (χ1) is 13.6. The molecular formula is C22H30N4O2. The highest BCUT2D eigenvalue weighted by atomic mass is 16.3. The Kier molecular flexibility index (Phi) is 4.33. The van der Waals surface area contributed by atoms with Crippen LogP contribution < -0.4 is 4.90 Å². The molecule has 2 saturated carbocycles. The SMILES string of the molecule is CC(C)C(=O)N1c2nc(-c3ccco3)nn2C2(CCCCC2)[C@@H]2CCCC[C@@H]21. The molecule has 0 unspecified atom stereocenters. The molecule has 2 aliphatic carbocycles. The second-order valence-electron chi connectivity index (χ2n) is 9.11. The fourth-order valence-corrected chi connectivity index (χ4v) is 5.91. The first-order valence-electron chi connectivity index (χ1n) is 11.0. The summed E-state index contributed by atoms with van der Waals surface area (Å²) < 4.78 is 7.74. The summed E-state index contributed by atoms with van der Waals surface area (Å²) in [6.45, 7) is 3.97. The van der Waals surface area contributed by atoms with Gasteiger partial charge in [-0.15, -0.1) is 5.10 Å². The van der Waals surface area contributed by atoms with E-state index < -0.39 is 0 Å². The number of hydrogen-bond acceptors (Lipinski definition) is 4. The molecule has 2 atom stereocenters. The molecule has 5 rings (SSSR count). The summed E-state index contributed by atoms with van der Waals surface area (Å²) >= 11 is 0. The van der Waals surface area contributed by atoms with Crippen molar-refractivity contribution in [2.45, 2.75) is 83.2 Å². The number of hydrogen-bond donors (Lipinski definition) is 0. The van der Waals surface area contributed by atoms with Crippen LogP contribution in [-0.2, 0) is 10.3 Å². The number of furan rings is 1. The second kappa shape index (κ2) is 6.75. The van der Waals surface area contributed by atoms with Crippen LogP contribution in [0.2, 0.25) is 0 Å². The van der Waals surface area contributed by atoms with E-state index in [9.17, 15) is 4.79 Å². The number of fused-ring (bicyclic) bond motifs is 4. The Labute approximate surface area is 166 Å². The van der Waals surface area contributed by atoms with Gasteiger partial charge in [0.1, 0.15) is 0 Å². The predicted molar refractivity (Wildman–Crippen MR) is 107 cm³/mol. The lowest BCUT2D eigenvalue weighted by molar-refractivity contribution is -0.123. The Morgan fingerprint density at radius 2 is 1.96 bits per heavy atom. The van der Waals surface area contributed by atoms with Crippen molar-refractivity contribution in [3.05, 3.63) is 18.4 Å². The quantitative estimate of drug-likeness (QED) is 0.751. The van der Waals surface area contributed by atoms with Crippen LogP contribution >= 0.6 is 0 Å². The lowest BCUT2D eigenvalue weighted by Crippen LogP contribution is -2.62. The molecule has 3 heterocycles. The first-order valence-corrected chi connectivity index (χ1v) is 11.0. The molecule has 28 heavy (non-hydrogen) atoms. The van der Waals surface area contributed by atoms with Crippen LogP contribution in [0.15, 0.2) is 22.8 Å². The van der Waals surface area contributed by atoms with E-state index >= 15 is 0 Å². The summed E-state index contributed by atoms with van der Waals surface area (Å²) in [7, 11) is 0. The molecule has 150 valence electrons. The van der Waals surface area contributed by atoms with Gasteiger partial charge in [0, 0.05) is 17.9 Å². The van der Waals surface area contributed by atoms with Gasteiger partial charge >= 0.3 is 0 Å². The van der Waals surface area contributed by atoms with E-state index in [0.29, 0.717) is 17.5 Å². The van der Waals surface area contributed by atoms with Gasteiger partial charge in [-0.1, -0.05) is 46.0 Å². The molecule has 0 bridgehead atoms. The van der Waals surface area contributed by atoms with Gasteiger partial charge in [-0.25, -0.2) is 4.68 Å². The van der Waals surface area contributed by atoms with Gasteiger partial charge < -0.3 is 4.42 Å². The maximum Gasteiger partial charge on any atom is 0.232 e. The molecule has 6 nitrogen and oxygen atoms in total. The Hall–Kier alpha value is -2.11. The number of nitrogens with zero attached hydrogens (tertiary/aromatic N) is 4. The van der Waals surface area contributed by atoms with E-state index in [1.165, 1.54) is 38.5 Å². The molecular weight excluding hydrogens is 352 g/mol. The van der Waals surface area contributed by atoms with E-state index in [0.717, 1.165) is 25.2 Å². The third kappa shape index (κ3) is 2.56. The molecule has 0 radical (unpaired) electrons. The normalized spacial score (nSPS) is 26.3. The van der Waals surface area contributed by atoms with Crippen molar-refractivity contribution in [3.8, 4) is 11.6 Å². The molecule has 1 aliphatic heterocycles. The lowest BCUT2D eigenvalue weighted by atomic mass is 9.64. The van der Waals surface area contributed by atoms with Crippen molar-refractivity contribution in [1.29, 1.82) is 0 Å². The first kappa shape index (κ1) is 18.0. The molecule has 2 fully saturated rings. The average Bonchev–Trinajstić information content (AvgIpc) is 3.39. The van der Waals surface area contributed by atoms with Gasteiger partial charge in [-0.05, 0) is 37.8 Å². The van der Waals surface area contributed by atoms with Gasteiger partial charge in [0.15, 0.2) is 5.76 Å². The van der Waals surface area contributed by atoms with Crippen molar-refractivity contribution in [2.75, 3.05) is 4.90 Å². The van der Waals surface area contributed by atoms with Crippen molar-refractivity contribution in [1.82, 2.24) is 14.8 Å². The fourth-order valence-electron chi connectivity index (χ4n) is 5.91. The summed E-state index contributed by atoms with van der Waals surface area (Å²) in [5.74, 6) is 2.61. The standard InChI is InChI=1S/C22H30N4O2/c1-15(2)20(27)25-17-10-5-4-9-16(17)22(12-6-3-7-13-22)26-21(25)23-19(24-26)18-11-8-14-28-18/h8,11,14-17H,3-7,9-10,12-13H2,1-2H3/t16-,17+/m1/s1. The smallest absolute Gasteiger partial charge is 0.232 e. The van der Waals surface area contributed by atoms with Crippen LogP contribution in [0.5, 0.6) is 0 Å². The van der Waals surface area contributed by atoms with Crippen LogP contribution in [0, 0.1) is 11.8 Å². The molecule has 2 aromatic rings. The predicted octanol–water partition coefficient (Wildman–Crippen LogP) is 4.76. The van der Waals surface area contributed by atoms with E-state index in [-0.39, 0.29) is 23.4 Å². The molecule has 3 aliphatic rings. The number of amides is 1. The van der Waals surface area contributed by atoms with E-state index in [1.54, 1.807) is 6.26 Å². The monoisotopic (exact) mass is 382 g/mol. The van der Waals surface area contributed by atoms with Crippen LogP contribution in [0.3, 0.4) is 0 Å². The zero-order valence-electron chi connectivity index (χ0n) is 16.9. The number of carbonyl (C=O) groups is 1. The molecule has 1 amide bonds. The molecule has 0 aromatic carbocycles. The topological polar surface area (TPSA) is 64.2 Å². The minimum atomic E-state index is -0.0554. The van der Waals surface area contributed by atoms with Crippen LogP contribution in [0.25, 0.3) is 11.6 Å². The second-order valence-corrected chi connectivity index (χ2v) is 9.11. The maximum absolute atomic E-state index is 13.3. The number of anilines is 1. The highest BCUT2D eigenvalue weighted by molar-refractivity contribution is 5.94. The van der Waals surface area contributed by atoms with Crippen LogP contribution in [0.1, 0.15) is 71.6 Å². The van der Waals surface area contributed by atoms with E-state index in [1.807, 2.05) is 30.9 Å². The maximum atomic E-state index is 13.3. The Morgan fingerprint density at radius 1 is 1.18 bits per heavy atom. The van der Waals surface area contributed by atoms with Crippen LogP contribution in [0.4, 0.5) is 5.95 Å². The van der Waals surface area contributed by atoms with Gasteiger partial charge in [-0.2, -0.15) is 4.98 Å². The van der Waals surface area contributed by atoms with E-state index in [4.69, 9.17) is 14.5 Å². The van der Waals surface area contributed by atoms with Gasteiger partial charge in [0.25, 0.3) is 0 Å². The molecule has 0 saturated heterocycles. The Balaban J connectivity index is 1.71. The van der Waals surface area contributed by atoms with Crippen molar-refractivity contribution in [2.24, 2.45) is 11.8 Å². The van der Waals surface area contributed by atoms with E-state index in [2.05, 4.69) is 4.68 Å². The zero-order valence-corrected chi connectivity index (χ0v) is 16.9. The summed E-state index contributed by atoms with van der Waals surface area (Å²) in [5, 5.41) is 4.97. The summed E-state index contributed by atoms with van der Waals surface area (Å²) in [6, 6.07) is 4.02. The van der Waals surface area contributed by atoms with Crippen molar-refractivity contribution < 1.29 is 9.21 Å². The highest BCUT2D eigenvalue weighted by Gasteiger charge is 2.55. The average molecular weight is 383 g/mol. The molecule has 0 N–H and O–H groups in total. The van der Waals surface area contributed by atoms with Crippen molar-refractivity contribution in [3.63, 3.8) is 0 Å². The highest BCUT2D eigenvalue weighted by Crippen LogP contribution is 2.53. The molecule has 2 aromatic heterocycles. The van der Waals surface area contributed by atoms with Gasteiger partial charge in [0.2, 0.25) is 17.7 Å². The zero-order chi connectivity index (χ0) is 19.3.